The zero-order valence-corrected chi connectivity index (χ0v) is 12.1. The summed E-state index contributed by atoms with van der Waals surface area (Å²) in [4.78, 5) is 17.9. The Hall–Kier alpha value is -1.49. The zero-order valence-electron chi connectivity index (χ0n) is 12.1. The van der Waals surface area contributed by atoms with E-state index in [2.05, 4.69) is 24.1 Å². The molecule has 1 aromatic heterocycles. The van der Waals surface area contributed by atoms with Crippen molar-refractivity contribution in [3.8, 4) is 0 Å². The molecule has 2 rings (SSSR count). The number of halogens is 1. The molecule has 4 nitrogen and oxygen atoms in total. The van der Waals surface area contributed by atoms with Crippen LogP contribution in [0.25, 0.3) is 0 Å². The van der Waals surface area contributed by atoms with E-state index in [0.717, 1.165) is 38.7 Å². The van der Waals surface area contributed by atoms with Crippen molar-refractivity contribution in [1.29, 1.82) is 0 Å². The smallest absolute Gasteiger partial charge is 0.255 e. The molecule has 2 heterocycles. The number of aromatic nitrogens is 1. The van der Waals surface area contributed by atoms with Gasteiger partial charge in [-0.25, -0.2) is 4.39 Å². The molecule has 1 aliphatic heterocycles. The lowest BCUT2D eigenvalue weighted by atomic mass is 9.97. The summed E-state index contributed by atoms with van der Waals surface area (Å²) in [5.74, 6) is -0.117. The monoisotopic (exact) mass is 279 g/mol. The Bertz CT molecular complexity index is 464. The van der Waals surface area contributed by atoms with Crippen molar-refractivity contribution in [3.05, 3.63) is 29.8 Å². The normalized spacial score (nSPS) is 19.4. The van der Waals surface area contributed by atoms with Gasteiger partial charge in [0.25, 0.3) is 5.91 Å². The molecule has 0 aromatic carbocycles. The molecule has 0 saturated carbocycles. The molecule has 0 radical (unpaired) electrons. The van der Waals surface area contributed by atoms with E-state index >= 15 is 0 Å². The summed E-state index contributed by atoms with van der Waals surface area (Å²) in [7, 11) is 0. The topological polar surface area (TPSA) is 45.2 Å². The van der Waals surface area contributed by atoms with E-state index in [-0.39, 0.29) is 5.91 Å². The third kappa shape index (κ3) is 4.00. The van der Waals surface area contributed by atoms with Crippen molar-refractivity contribution >= 4 is 5.91 Å². The number of nitrogens with one attached hydrogen (secondary N) is 1. The van der Waals surface area contributed by atoms with Crippen molar-refractivity contribution in [1.82, 2.24) is 15.2 Å². The minimum absolute atomic E-state index is 0.119. The van der Waals surface area contributed by atoms with Crippen LogP contribution in [0.4, 0.5) is 4.39 Å². The lowest BCUT2D eigenvalue weighted by Gasteiger charge is -2.33. The minimum atomic E-state index is -0.467. The summed E-state index contributed by atoms with van der Waals surface area (Å²) < 4.78 is 13.1. The van der Waals surface area contributed by atoms with Crippen LogP contribution in [-0.2, 0) is 0 Å². The average molecular weight is 279 g/mol. The number of carbonyl (C=O) groups excluding carboxylic acids is 1. The largest absolute Gasteiger partial charge is 0.338 e. The first-order chi connectivity index (χ1) is 9.56. The molecule has 20 heavy (non-hydrogen) atoms. The zero-order chi connectivity index (χ0) is 14.5. The van der Waals surface area contributed by atoms with Gasteiger partial charge in [0.2, 0.25) is 0 Å². The highest BCUT2D eigenvalue weighted by molar-refractivity contribution is 5.93. The van der Waals surface area contributed by atoms with Crippen molar-refractivity contribution in [2.75, 3.05) is 19.6 Å². The van der Waals surface area contributed by atoms with E-state index in [1.54, 1.807) is 0 Å². The second kappa shape index (κ2) is 6.79. The van der Waals surface area contributed by atoms with E-state index < -0.39 is 5.82 Å². The van der Waals surface area contributed by atoms with Crippen molar-refractivity contribution in [2.24, 2.45) is 5.92 Å². The summed E-state index contributed by atoms with van der Waals surface area (Å²) in [6, 6.07) is 1.71. The number of amides is 1. The van der Waals surface area contributed by atoms with E-state index in [4.69, 9.17) is 0 Å². The number of likely N-dealkylation sites (tertiary alicyclic amines) is 1. The highest BCUT2D eigenvalue weighted by atomic mass is 19.1. The lowest BCUT2D eigenvalue weighted by molar-refractivity contribution is 0.0671. The number of hydrogen-bond donors (Lipinski definition) is 1. The molecule has 0 spiro atoms. The second-order valence-corrected chi connectivity index (χ2v) is 5.71. The number of carbonyl (C=O) groups is 1. The summed E-state index contributed by atoms with van der Waals surface area (Å²) in [6.07, 6.45) is 4.67. The predicted molar refractivity (Wildman–Crippen MR) is 76.0 cm³/mol. The molecule has 0 bridgehead atoms. The standard InChI is InChI=1S/C15H22FN3O/c1-11(2)18-7-12-4-3-5-19(10-12)15(20)13-6-14(16)9-17-8-13/h6,8-9,11-12,18H,3-5,7,10H2,1-2H3. The van der Waals surface area contributed by atoms with Gasteiger partial charge in [0, 0.05) is 25.3 Å². The maximum atomic E-state index is 13.1. The number of piperidine rings is 1. The average Bonchev–Trinajstić information content (AvgIpc) is 2.44. The Kier molecular flexibility index (Phi) is 5.06. The van der Waals surface area contributed by atoms with E-state index in [1.807, 2.05) is 4.90 Å². The molecule has 5 heteroatoms. The lowest BCUT2D eigenvalue weighted by Crippen LogP contribution is -2.43. The quantitative estimate of drug-likeness (QED) is 0.917. The number of rotatable bonds is 4. The van der Waals surface area contributed by atoms with Gasteiger partial charge in [-0.15, -0.1) is 0 Å². The molecular weight excluding hydrogens is 257 g/mol. The highest BCUT2D eigenvalue weighted by Crippen LogP contribution is 2.18. The van der Waals surface area contributed by atoms with Gasteiger partial charge in [0.05, 0.1) is 11.8 Å². The number of hydrogen-bond acceptors (Lipinski definition) is 3. The summed E-state index contributed by atoms with van der Waals surface area (Å²) in [6.45, 7) is 6.62. The van der Waals surface area contributed by atoms with Crippen LogP contribution < -0.4 is 5.32 Å². The third-order valence-corrected chi connectivity index (χ3v) is 3.57. The third-order valence-electron chi connectivity index (χ3n) is 3.57. The van der Waals surface area contributed by atoms with Gasteiger partial charge in [-0.05, 0) is 31.4 Å². The van der Waals surface area contributed by atoms with Crippen molar-refractivity contribution < 1.29 is 9.18 Å². The molecule has 1 aliphatic rings. The molecule has 1 amide bonds. The number of pyridine rings is 1. The Labute approximate surface area is 119 Å². The number of nitrogens with zero attached hydrogens (tertiary/aromatic N) is 2. The van der Waals surface area contributed by atoms with Crippen molar-refractivity contribution in [3.63, 3.8) is 0 Å². The van der Waals surface area contributed by atoms with Crippen LogP contribution in [0, 0.1) is 11.7 Å². The van der Waals surface area contributed by atoms with E-state index in [1.165, 1.54) is 12.3 Å². The van der Waals surface area contributed by atoms with Crippen LogP contribution >= 0.6 is 0 Å². The Morgan fingerprint density at radius 2 is 2.35 bits per heavy atom. The Balaban J connectivity index is 1.96. The van der Waals surface area contributed by atoms with Gasteiger partial charge in [0.1, 0.15) is 5.82 Å². The van der Waals surface area contributed by atoms with Crippen LogP contribution in [0.15, 0.2) is 18.5 Å². The van der Waals surface area contributed by atoms with Gasteiger partial charge in [-0.2, -0.15) is 0 Å². The van der Waals surface area contributed by atoms with Crippen LogP contribution in [0.5, 0.6) is 0 Å². The fourth-order valence-electron chi connectivity index (χ4n) is 2.53. The summed E-state index contributed by atoms with van der Waals surface area (Å²) in [5.41, 5.74) is 0.336. The summed E-state index contributed by atoms with van der Waals surface area (Å²) in [5, 5.41) is 3.41. The van der Waals surface area contributed by atoms with E-state index in [0.29, 0.717) is 17.5 Å². The first-order valence-electron chi connectivity index (χ1n) is 7.19. The fourth-order valence-corrected chi connectivity index (χ4v) is 2.53. The second-order valence-electron chi connectivity index (χ2n) is 5.71. The molecule has 1 fully saturated rings. The summed E-state index contributed by atoms with van der Waals surface area (Å²) >= 11 is 0. The van der Waals surface area contributed by atoms with Crippen LogP contribution in [0.1, 0.15) is 37.0 Å². The first-order valence-corrected chi connectivity index (χ1v) is 7.19. The van der Waals surface area contributed by atoms with E-state index in [9.17, 15) is 9.18 Å². The van der Waals surface area contributed by atoms with Crippen molar-refractivity contribution in [2.45, 2.75) is 32.7 Å². The van der Waals surface area contributed by atoms with Gasteiger partial charge in [-0.1, -0.05) is 13.8 Å². The highest BCUT2D eigenvalue weighted by Gasteiger charge is 2.24. The molecule has 1 unspecified atom stereocenters. The minimum Gasteiger partial charge on any atom is -0.338 e. The van der Waals surface area contributed by atoms with Gasteiger partial charge in [-0.3, -0.25) is 9.78 Å². The maximum Gasteiger partial charge on any atom is 0.255 e. The molecule has 0 aliphatic carbocycles. The maximum absolute atomic E-state index is 13.1. The predicted octanol–water partition coefficient (Wildman–Crippen LogP) is 2.07. The fraction of sp³-hybridized carbons (Fsp3) is 0.600. The molecular formula is C15H22FN3O. The molecule has 1 atom stereocenters. The molecule has 1 saturated heterocycles. The Morgan fingerprint density at radius 3 is 3.05 bits per heavy atom. The van der Waals surface area contributed by atoms with Gasteiger partial charge >= 0.3 is 0 Å². The van der Waals surface area contributed by atoms with Gasteiger partial charge in [0.15, 0.2) is 0 Å². The van der Waals surface area contributed by atoms with Crippen LogP contribution in [0.3, 0.4) is 0 Å². The molecule has 1 aromatic rings. The molecule has 1 N–H and O–H groups in total. The Morgan fingerprint density at radius 1 is 1.55 bits per heavy atom. The first kappa shape index (κ1) is 14.9. The van der Waals surface area contributed by atoms with Gasteiger partial charge < -0.3 is 10.2 Å². The SMILES string of the molecule is CC(C)NCC1CCCN(C(=O)c2cncc(F)c2)C1. The van der Waals surface area contributed by atoms with Crippen LogP contribution in [0.2, 0.25) is 0 Å². The van der Waals surface area contributed by atoms with Crippen LogP contribution in [-0.4, -0.2) is 41.5 Å². The molecule has 110 valence electrons.